The number of aromatic nitrogens is 2. The molecule has 8 heteroatoms. The minimum Gasteiger partial charge on any atom is -0.494 e. The molecule has 0 fully saturated rings. The number of hydrogen-bond acceptors (Lipinski definition) is 7. The number of aryl methyl sites for hydroxylation is 1. The molecule has 0 radical (unpaired) electrons. The van der Waals surface area contributed by atoms with E-state index in [1.54, 1.807) is 11.3 Å². The van der Waals surface area contributed by atoms with E-state index in [9.17, 15) is 4.79 Å². The van der Waals surface area contributed by atoms with Gasteiger partial charge in [-0.15, -0.1) is 22.7 Å². The van der Waals surface area contributed by atoms with Gasteiger partial charge in [-0.1, -0.05) is 11.8 Å². The number of rotatable bonds is 7. The van der Waals surface area contributed by atoms with Gasteiger partial charge in [0.1, 0.15) is 5.75 Å². The zero-order chi connectivity index (χ0) is 17.6. The zero-order valence-electron chi connectivity index (χ0n) is 13.8. The molecule has 5 nitrogen and oxygen atoms in total. The summed E-state index contributed by atoms with van der Waals surface area (Å²) in [6, 6.07) is 7.77. The van der Waals surface area contributed by atoms with Gasteiger partial charge in [-0.3, -0.25) is 4.79 Å². The Morgan fingerprint density at radius 2 is 2.00 bits per heavy atom. The van der Waals surface area contributed by atoms with Crippen LogP contribution in [0.4, 0.5) is 5.13 Å². The van der Waals surface area contributed by atoms with Crippen LogP contribution in [0.25, 0.3) is 11.3 Å². The lowest BCUT2D eigenvalue weighted by atomic mass is 10.2. The second-order valence-corrected chi connectivity index (χ2v) is 8.03. The summed E-state index contributed by atoms with van der Waals surface area (Å²) in [7, 11) is 0. The average Bonchev–Trinajstić information content (AvgIpc) is 3.23. The molecule has 1 N–H and O–H groups in total. The Bertz CT molecular complexity index is 843. The first-order valence-corrected chi connectivity index (χ1v) is 10.4. The highest BCUT2D eigenvalue weighted by Crippen LogP contribution is 2.27. The molecule has 0 saturated carbocycles. The van der Waals surface area contributed by atoms with E-state index in [-0.39, 0.29) is 5.91 Å². The van der Waals surface area contributed by atoms with E-state index < -0.39 is 0 Å². The van der Waals surface area contributed by atoms with Gasteiger partial charge in [0, 0.05) is 22.0 Å². The Balaban J connectivity index is 1.56. The van der Waals surface area contributed by atoms with E-state index in [0.29, 0.717) is 17.5 Å². The van der Waals surface area contributed by atoms with E-state index in [1.807, 2.05) is 48.9 Å². The Morgan fingerprint density at radius 1 is 1.20 bits per heavy atom. The molecule has 3 rings (SSSR count). The molecule has 0 bridgehead atoms. The summed E-state index contributed by atoms with van der Waals surface area (Å²) >= 11 is 4.41. The number of nitrogens with one attached hydrogen (secondary N) is 1. The summed E-state index contributed by atoms with van der Waals surface area (Å²) in [5.41, 5.74) is 2.81. The summed E-state index contributed by atoms with van der Waals surface area (Å²) in [6.07, 6.45) is 0. The number of benzene rings is 1. The van der Waals surface area contributed by atoms with Crippen LogP contribution in [-0.2, 0) is 4.79 Å². The molecule has 0 spiro atoms. The predicted octanol–water partition coefficient (Wildman–Crippen LogP) is 4.70. The summed E-state index contributed by atoms with van der Waals surface area (Å²) < 4.78 is 6.34. The van der Waals surface area contributed by atoms with Crippen LogP contribution in [0.1, 0.15) is 12.6 Å². The van der Waals surface area contributed by atoms with Crippen molar-refractivity contribution >= 4 is 45.5 Å². The Hall–Kier alpha value is -1.90. The molecule has 0 saturated heterocycles. The van der Waals surface area contributed by atoms with Gasteiger partial charge in [0.15, 0.2) is 9.47 Å². The van der Waals surface area contributed by atoms with Crippen LogP contribution in [0.15, 0.2) is 39.4 Å². The number of thiazole rings is 2. The van der Waals surface area contributed by atoms with E-state index in [4.69, 9.17) is 4.74 Å². The number of amides is 1. The molecule has 2 aromatic heterocycles. The second kappa shape index (κ2) is 8.46. The van der Waals surface area contributed by atoms with E-state index >= 15 is 0 Å². The van der Waals surface area contributed by atoms with Crippen LogP contribution in [0.2, 0.25) is 0 Å². The van der Waals surface area contributed by atoms with Crippen LogP contribution in [0.5, 0.6) is 5.75 Å². The number of ether oxygens (including phenoxy) is 1. The minimum absolute atomic E-state index is 0.0783. The number of hydrogen-bond donors (Lipinski definition) is 1. The number of carbonyl (C=O) groups is 1. The molecule has 3 aromatic rings. The summed E-state index contributed by atoms with van der Waals surface area (Å²) in [6.45, 7) is 4.54. The number of thioether (sulfide) groups is 1. The summed E-state index contributed by atoms with van der Waals surface area (Å²) in [5, 5.41) is 7.35. The largest absolute Gasteiger partial charge is 0.494 e. The van der Waals surface area contributed by atoms with Crippen molar-refractivity contribution in [1.29, 1.82) is 0 Å². The highest BCUT2D eigenvalue weighted by Gasteiger charge is 2.10. The maximum atomic E-state index is 12.0. The van der Waals surface area contributed by atoms with E-state index in [1.165, 1.54) is 23.1 Å². The molecular weight excluding hydrogens is 374 g/mol. The SMILES string of the molecule is CCOc1ccc(-c2csc(NC(=O)CSc3nc(C)cs3)n2)cc1. The zero-order valence-corrected chi connectivity index (χ0v) is 16.3. The van der Waals surface area contributed by atoms with Gasteiger partial charge in [0.25, 0.3) is 0 Å². The summed E-state index contributed by atoms with van der Waals surface area (Å²) in [5.74, 6) is 1.08. The fraction of sp³-hybridized carbons (Fsp3) is 0.235. The van der Waals surface area contributed by atoms with Crippen molar-refractivity contribution in [1.82, 2.24) is 9.97 Å². The lowest BCUT2D eigenvalue weighted by Gasteiger charge is -2.03. The molecule has 1 amide bonds. The minimum atomic E-state index is -0.0783. The lowest BCUT2D eigenvalue weighted by molar-refractivity contribution is -0.113. The third-order valence-corrected chi connectivity index (χ3v) is 6.03. The van der Waals surface area contributed by atoms with Gasteiger partial charge in [-0.25, -0.2) is 9.97 Å². The van der Waals surface area contributed by atoms with Crippen molar-refractivity contribution in [2.75, 3.05) is 17.7 Å². The fourth-order valence-corrected chi connectivity index (χ4v) is 4.42. The van der Waals surface area contributed by atoms with Crippen molar-refractivity contribution in [3.63, 3.8) is 0 Å². The number of anilines is 1. The van der Waals surface area contributed by atoms with Crippen LogP contribution < -0.4 is 10.1 Å². The maximum absolute atomic E-state index is 12.0. The molecule has 0 aliphatic rings. The fourth-order valence-electron chi connectivity index (χ4n) is 2.03. The second-order valence-electron chi connectivity index (χ2n) is 5.09. The first-order chi connectivity index (χ1) is 12.1. The van der Waals surface area contributed by atoms with Crippen molar-refractivity contribution < 1.29 is 9.53 Å². The third kappa shape index (κ3) is 5.04. The first-order valence-electron chi connectivity index (χ1n) is 7.67. The van der Waals surface area contributed by atoms with Crippen molar-refractivity contribution in [3.05, 3.63) is 40.7 Å². The molecule has 1 aromatic carbocycles. The van der Waals surface area contributed by atoms with E-state index in [2.05, 4.69) is 15.3 Å². The highest BCUT2D eigenvalue weighted by molar-refractivity contribution is 8.01. The molecule has 2 heterocycles. The van der Waals surface area contributed by atoms with Gasteiger partial charge < -0.3 is 10.1 Å². The van der Waals surface area contributed by atoms with Crippen LogP contribution >= 0.6 is 34.4 Å². The smallest absolute Gasteiger partial charge is 0.236 e. The van der Waals surface area contributed by atoms with Crippen LogP contribution in [0, 0.1) is 6.92 Å². The van der Waals surface area contributed by atoms with Gasteiger partial charge in [0.2, 0.25) is 5.91 Å². The standard InChI is InChI=1S/C17H17N3O2S3/c1-3-22-13-6-4-12(5-7-13)14-9-23-16(19-14)20-15(21)10-25-17-18-11(2)8-24-17/h4-9H,3,10H2,1-2H3,(H,19,20,21). The third-order valence-electron chi connectivity index (χ3n) is 3.14. The molecule has 0 unspecified atom stereocenters. The predicted molar refractivity (Wildman–Crippen MR) is 105 cm³/mol. The topological polar surface area (TPSA) is 64.1 Å². The number of nitrogens with zero attached hydrogens (tertiary/aromatic N) is 2. The monoisotopic (exact) mass is 391 g/mol. The lowest BCUT2D eigenvalue weighted by Crippen LogP contribution is -2.13. The molecular formula is C17H17N3O2S3. The Kier molecular flexibility index (Phi) is 6.06. The first kappa shape index (κ1) is 17.9. The van der Waals surface area contributed by atoms with Crippen molar-refractivity contribution in [2.45, 2.75) is 18.2 Å². The van der Waals surface area contributed by atoms with E-state index in [0.717, 1.165) is 27.0 Å². The van der Waals surface area contributed by atoms with Crippen molar-refractivity contribution in [3.8, 4) is 17.0 Å². The Labute approximate surface area is 158 Å². The average molecular weight is 392 g/mol. The quantitative estimate of drug-likeness (QED) is 0.591. The Morgan fingerprint density at radius 3 is 2.68 bits per heavy atom. The van der Waals surface area contributed by atoms with Gasteiger partial charge in [0.05, 0.1) is 18.1 Å². The van der Waals surface area contributed by atoms with Gasteiger partial charge >= 0.3 is 0 Å². The van der Waals surface area contributed by atoms with Gasteiger partial charge in [-0.05, 0) is 38.1 Å². The number of carbonyl (C=O) groups excluding carboxylic acids is 1. The van der Waals surface area contributed by atoms with Crippen LogP contribution in [0.3, 0.4) is 0 Å². The van der Waals surface area contributed by atoms with Crippen molar-refractivity contribution in [2.24, 2.45) is 0 Å². The summed E-state index contributed by atoms with van der Waals surface area (Å²) in [4.78, 5) is 20.9. The molecule has 0 aliphatic heterocycles. The molecule has 0 aliphatic carbocycles. The maximum Gasteiger partial charge on any atom is 0.236 e. The molecule has 25 heavy (non-hydrogen) atoms. The molecule has 0 atom stereocenters. The normalized spacial score (nSPS) is 10.6. The van der Waals surface area contributed by atoms with Crippen LogP contribution in [-0.4, -0.2) is 28.2 Å². The molecule has 130 valence electrons. The van der Waals surface area contributed by atoms with Gasteiger partial charge in [-0.2, -0.15) is 0 Å². The highest BCUT2D eigenvalue weighted by atomic mass is 32.2.